The number of nitrogens with one attached hydrogen (secondary N) is 1. The van der Waals surface area contributed by atoms with E-state index < -0.39 is 16.0 Å². The molecule has 1 aliphatic carbocycles. The van der Waals surface area contributed by atoms with Gasteiger partial charge in [-0.3, -0.25) is 4.79 Å². The van der Waals surface area contributed by atoms with Gasteiger partial charge in [0.15, 0.2) is 0 Å². The van der Waals surface area contributed by atoms with E-state index in [2.05, 4.69) is 4.72 Å². The van der Waals surface area contributed by atoms with Crippen LogP contribution >= 0.6 is 0 Å². The van der Waals surface area contributed by atoms with Crippen molar-refractivity contribution >= 4 is 16.0 Å². The van der Waals surface area contributed by atoms with E-state index in [4.69, 9.17) is 5.11 Å². The van der Waals surface area contributed by atoms with Gasteiger partial charge in [-0.1, -0.05) is 0 Å². The molecule has 0 aliphatic heterocycles. The topological polar surface area (TPSA) is 83.5 Å². The molecule has 2 atom stereocenters. The van der Waals surface area contributed by atoms with Crippen molar-refractivity contribution in [2.45, 2.75) is 25.3 Å². The fourth-order valence-electron chi connectivity index (χ4n) is 1.62. The summed E-state index contributed by atoms with van der Waals surface area (Å²) in [5.74, 6) is -1.22. The third kappa shape index (κ3) is 3.31. The van der Waals surface area contributed by atoms with E-state index in [0.29, 0.717) is 19.3 Å². The molecule has 0 heterocycles. The number of aliphatic carboxylic acids is 1. The van der Waals surface area contributed by atoms with Crippen LogP contribution in [0.1, 0.15) is 19.3 Å². The molecule has 1 saturated carbocycles. The predicted octanol–water partition coefficient (Wildman–Crippen LogP) is -0.211. The molecule has 0 aromatic rings. The number of carboxylic acid groups (broad SMARTS) is 1. The molecule has 0 unspecified atom stereocenters. The smallest absolute Gasteiger partial charge is 0.306 e. The Hall–Kier alpha value is -0.620. The fourth-order valence-corrected chi connectivity index (χ4v) is 2.44. The third-order valence-electron chi connectivity index (χ3n) is 2.16. The number of sulfonamides is 1. The molecule has 0 radical (unpaired) electrons. The highest BCUT2D eigenvalue weighted by Crippen LogP contribution is 2.25. The molecule has 76 valence electrons. The van der Waals surface area contributed by atoms with Crippen molar-refractivity contribution in [2.75, 3.05) is 6.26 Å². The molecule has 1 fully saturated rings. The molecule has 0 saturated heterocycles. The van der Waals surface area contributed by atoms with Crippen LogP contribution in [0.3, 0.4) is 0 Å². The van der Waals surface area contributed by atoms with Gasteiger partial charge in [-0.2, -0.15) is 0 Å². The number of hydrogen-bond acceptors (Lipinski definition) is 3. The molecule has 0 spiro atoms. The molecule has 2 N–H and O–H groups in total. The Bertz CT molecular complexity index is 298. The summed E-state index contributed by atoms with van der Waals surface area (Å²) in [6.07, 6.45) is 2.66. The highest BCUT2D eigenvalue weighted by molar-refractivity contribution is 7.88. The molecule has 13 heavy (non-hydrogen) atoms. The maximum absolute atomic E-state index is 10.8. The van der Waals surface area contributed by atoms with Crippen molar-refractivity contribution in [2.24, 2.45) is 5.92 Å². The Morgan fingerprint density at radius 1 is 1.46 bits per heavy atom. The monoisotopic (exact) mass is 207 g/mol. The maximum atomic E-state index is 10.8. The first kappa shape index (κ1) is 10.5. The first-order chi connectivity index (χ1) is 5.88. The highest BCUT2D eigenvalue weighted by Gasteiger charge is 2.30. The SMILES string of the molecule is CS(=O)(=O)N[C@@H]1CC[C@H](C(=O)O)C1. The van der Waals surface area contributed by atoms with Crippen LogP contribution in [0.2, 0.25) is 0 Å². The van der Waals surface area contributed by atoms with Crippen LogP contribution in [0.5, 0.6) is 0 Å². The van der Waals surface area contributed by atoms with Crippen molar-refractivity contribution in [3.8, 4) is 0 Å². The van der Waals surface area contributed by atoms with Gasteiger partial charge in [0.05, 0.1) is 12.2 Å². The van der Waals surface area contributed by atoms with Crippen molar-refractivity contribution in [1.82, 2.24) is 4.72 Å². The zero-order chi connectivity index (χ0) is 10.1. The zero-order valence-electron chi connectivity index (χ0n) is 7.36. The van der Waals surface area contributed by atoms with Gasteiger partial charge in [0, 0.05) is 6.04 Å². The molecule has 5 nitrogen and oxygen atoms in total. The first-order valence-electron chi connectivity index (χ1n) is 4.08. The van der Waals surface area contributed by atoms with Gasteiger partial charge >= 0.3 is 5.97 Å². The number of hydrogen-bond donors (Lipinski definition) is 2. The number of carbonyl (C=O) groups is 1. The summed E-state index contributed by atoms with van der Waals surface area (Å²) >= 11 is 0. The van der Waals surface area contributed by atoms with Gasteiger partial charge in [0.25, 0.3) is 0 Å². The number of carboxylic acids is 1. The van der Waals surface area contributed by atoms with E-state index >= 15 is 0 Å². The Labute approximate surface area is 77.2 Å². The minimum Gasteiger partial charge on any atom is -0.481 e. The molecular formula is C7H13NO4S. The van der Waals surface area contributed by atoms with Crippen molar-refractivity contribution in [1.29, 1.82) is 0 Å². The second kappa shape index (κ2) is 3.63. The Kier molecular flexibility index (Phi) is 2.92. The molecule has 0 aromatic carbocycles. The summed E-state index contributed by atoms with van der Waals surface area (Å²) in [6.45, 7) is 0. The minimum atomic E-state index is -3.20. The lowest BCUT2D eigenvalue weighted by atomic mass is 10.1. The minimum absolute atomic E-state index is 0.198. The zero-order valence-corrected chi connectivity index (χ0v) is 8.17. The summed E-state index contributed by atoms with van der Waals surface area (Å²) in [4.78, 5) is 10.5. The van der Waals surface area contributed by atoms with E-state index in [-0.39, 0.29) is 12.0 Å². The van der Waals surface area contributed by atoms with E-state index in [1.165, 1.54) is 0 Å². The van der Waals surface area contributed by atoms with Gasteiger partial charge < -0.3 is 5.11 Å². The van der Waals surface area contributed by atoms with Gasteiger partial charge in [0.1, 0.15) is 0 Å². The van der Waals surface area contributed by atoms with Crippen LogP contribution in [0.25, 0.3) is 0 Å². The van der Waals surface area contributed by atoms with Gasteiger partial charge in [0.2, 0.25) is 10.0 Å². The van der Waals surface area contributed by atoms with Crippen LogP contribution < -0.4 is 4.72 Å². The van der Waals surface area contributed by atoms with E-state index in [0.717, 1.165) is 6.26 Å². The van der Waals surface area contributed by atoms with Gasteiger partial charge in [-0.15, -0.1) is 0 Å². The summed E-state index contributed by atoms with van der Waals surface area (Å²) in [6, 6.07) is -0.198. The standard InChI is InChI=1S/C7H13NO4S/c1-13(11,12)8-6-3-2-5(4-6)7(9)10/h5-6,8H,2-4H2,1H3,(H,9,10)/t5-,6+/m0/s1. The molecule has 1 aliphatic rings. The molecule has 6 heteroatoms. The summed E-state index contributed by atoms with van der Waals surface area (Å²) in [5, 5.41) is 8.65. The second-order valence-corrected chi connectivity index (χ2v) is 5.22. The Balaban J connectivity index is 2.47. The van der Waals surface area contributed by atoms with E-state index in [9.17, 15) is 13.2 Å². The average Bonchev–Trinajstić information content (AvgIpc) is 2.31. The molecular weight excluding hydrogens is 194 g/mol. The molecule has 0 aromatic heterocycles. The van der Waals surface area contributed by atoms with Gasteiger partial charge in [-0.05, 0) is 19.3 Å². The van der Waals surface area contributed by atoms with Crippen LogP contribution in [-0.2, 0) is 14.8 Å². The van der Waals surface area contributed by atoms with E-state index in [1.54, 1.807) is 0 Å². The lowest BCUT2D eigenvalue weighted by Crippen LogP contribution is -2.32. The lowest BCUT2D eigenvalue weighted by molar-refractivity contribution is -0.141. The van der Waals surface area contributed by atoms with Crippen LogP contribution in [-0.4, -0.2) is 31.8 Å². The van der Waals surface area contributed by atoms with Crippen LogP contribution in [0, 0.1) is 5.92 Å². The van der Waals surface area contributed by atoms with E-state index in [1.807, 2.05) is 0 Å². The first-order valence-corrected chi connectivity index (χ1v) is 5.98. The van der Waals surface area contributed by atoms with Crippen molar-refractivity contribution < 1.29 is 18.3 Å². The predicted molar refractivity (Wildman–Crippen MR) is 46.7 cm³/mol. The van der Waals surface area contributed by atoms with Gasteiger partial charge in [-0.25, -0.2) is 13.1 Å². The summed E-state index contributed by atoms with van der Waals surface area (Å²) in [5.41, 5.74) is 0. The molecule has 1 rings (SSSR count). The van der Waals surface area contributed by atoms with Crippen molar-refractivity contribution in [3.05, 3.63) is 0 Å². The van der Waals surface area contributed by atoms with Crippen molar-refractivity contribution in [3.63, 3.8) is 0 Å². The Morgan fingerprint density at radius 3 is 2.46 bits per heavy atom. The number of rotatable bonds is 3. The summed E-state index contributed by atoms with van der Waals surface area (Å²) < 4.78 is 24.0. The molecule has 0 bridgehead atoms. The second-order valence-electron chi connectivity index (χ2n) is 3.44. The highest BCUT2D eigenvalue weighted by atomic mass is 32.2. The Morgan fingerprint density at radius 2 is 2.08 bits per heavy atom. The van der Waals surface area contributed by atoms with Crippen LogP contribution in [0.4, 0.5) is 0 Å². The summed E-state index contributed by atoms with van der Waals surface area (Å²) in [7, 11) is -3.20. The average molecular weight is 207 g/mol. The van der Waals surface area contributed by atoms with Crippen LogP contribution in [0.15, 0.2) is 0 Å². The largest absolute Gasteiger partial charge is 0.481 e. The lowest BCUT2D eigenvalue weighted by Gasteiger charge is -2.09. The fraction of sp³-hybridized carbons (Fsp3) is 0.857. The normalized spacial score (nSPS) is 29.0. The third-order valence-corrected chi connectivity index (χ3v) is 2.92. The maximum Gasteiger partial charge on any atom is 0.306 e. The quantitative estimate of drug-likeness (QED) is 0.670. The molecule has 0 amide bonds.